The van der Waals surface area contributed by atoms with Crippen LogP contribution in [0.1, 0.15) is 60.3 Å². The smallest absolute Gasteiger partial charge is 0.407 e. The summed E-state index contributed by atoms with van der Waals surface area (Å²) in [5.74, 6) is 0.952. The normalized spacial score (nSPS) is 21.1. The molecule has 7 nitrogen and oxygen atoms in total. The second-order valence-electron chi connectivity index (χ2n) is 8.69. The highest BCUT2D eigenvalue weighted by Crippen LogP contribution is 2.49. The third kappa shape index (κ3) is 8.71. The summed E-state index contributed by atoms with van der Waals surface area (Å²) in [6.45, 7) is 14.7. The molecule has 1 saturated carbocycles. The Kier molecular flexibility index (Phi) is 10.3. The highest BCUT2D eigenvalue weighted by molar-refractivity contribution is 14.0. The first kappa shape index (κ1) is 25.3. The Balaban J connectivity index is 0.00000392. The van der Waals surface area contributed by atoms with Gasteiger partial charge in [0.25, 0.3) is 0 Å². The molecule has 0 bridgehead atoms. The Bertz CT molecular complexity index is 518. The minimum atomic E-state index is -0.473. The molecular formula is C20H39IN4O3. The van der Waals surface area contributed by atoms with E-state index in [0.29, 0.717) is 5.41 Å². The molecule has 2 fully saturated rings. The van der Waals surface area contributed by atoms with Crippen LogP contribution in [0, 0.1) is 5.41 Å². The number of aliphatic imine (C=N–C) groups is 1. The summed E-state index contributed by atoms with van der Waals surface area (Å²) in [5, 5.41) is 6.38. The predicted molar refractivity (Wildman–Crippen MR) is 124 cm³/mol. The fraction of sp³-hybridized carbons (Fsp3) is 0.900. The molecule has 28 heavy (non-hydrogen) atoms. The summed E-state index contributed by atoms with van der Waals surface area (Å²) in [5.41, 5.74) is -0.136. The zero-order valence-electron chi connectivity index (χ0n) is 18.2. The van der Waals surface area contributed by atoms with Crippen LogP contribution in [0.15, 0.2) is 4.99 Å². The second-order valence-corrected chi connectivity index (χ2v) is 8.69. The maximum Gasteiger partial charge on any atom is 0.407 e. The van der Waals surface area contributed by atoms with Gasteiger partial charge in [-0.1, -0.05) is 0 Å². The van der Waals surface area contributed by atoms with Crippen LogP contribution < -0.4 is 10.6 Å². The van der Waals surface area contributed by atoms with Gasteiger partial charge in [-0.05, 0) is 65.7 Å². The number of nitrogens with zero attached hydrogens (tertiary/aromatic N) is 2. The Morgan fingerprint density at radius 1 is 1.29 bits per heavy atom. The van der Waals surface area contributed by atoms with Crippen LogP contribution >= 0.6 is 24.0 Å². The van der Waals surface area contributed by atoms with Gasteiger partial charge >= 0.3 is 6.09 Å². The number of carbonyl (C=O) groups is 1. The summed E-state index contributed by atoms with van der Waals surface area (Å²) in [6.07, 6.45) is 4.13. The molecule has 1 saturated heterocycles. The first-order chi connectivity index (χ1) is 12.8. The molecule has 0 aromatic heterocycles. The number of rotatable bonds is 8. The predicted octanol–water partition coefficient (Wildman–Crippen LogP) is 3.38. The van der Waals surface area contributed by atoms with Crippen LogP contribution in [0.2, 0.25) is 0 Å². The van der Waals surface area contributed by atoms with E-state index in [2.05, 4.69) is 22.5 Å². The molecule has 0 spiro atoms. The molecule has 1 heterocycles. The fourth-order valence-electron chi connectivity index (χ4n) is 3.31. The fourth-order valence-corrected chi connectivity index (χ4v) is 3.31. The number of carbonyl (C=O) groups excluding carboxylic acids is 1. The van der Waals surface area contributed by atoms with E-state index in [9.17, 15) is 4.79 Å². The Morgan fingerprint density at radius 2 is 2.00 bits per heavy atom. The molecule has 2 N–H and O–H groups in total. The molecule has 1 atom stereocenters. The monoisotopic (exact) mass is 510 g/mol. The van der Waals surface area contributed by atoms with Gasteiger partial charge in [-0.15, -0.1) is 24.0 Å². The van der Waals surface area contributed by atoms with E-state index in [1.807, 2.05) is 27.7 Å². The number of ether oxygens (including phenoxy) is 2. The van der Waals surface area contributed by atoms with E-state index in [1.54, 1.807) is 0 Å². The minimum Gasteiger partial charge on any atom is -0.444 e. The van der Waals surface area contributed by atoms with Crippen molar-refractivity contribution in [3.63, 3.8) is 0 Å². The molecule has 164 valence electrons. The first-order valence-electron chi connectivity index (χ1n) is 10.4. The maximum atomic E-state index is 12.0. The lowest BCUT2D eigenvalue weighted by atomic mass is 10.0. The van der Waals surface area contributed by atoms with Gasteiger partial charge in [-0.2, -0.15) is 0 Å². The van der Waals surface area contributed by atoms with E-state index >= 15 is 0 Å². The summed E-state index contributed by atoms with van der Waals surface area (Å²) < 4.78 is 10.9. The SMILES string of the molecule is CCNC(=NCC1(CCOCC)CC1)N1CC[C@@H](NC(=O)OC(C)(C)C)C1.I. The number of likely N-dealkylation sites (tertiary alicyclic amines) is 1. The van der Waals surface area contributed by atoms with E-state index in [0.717, 1.165) is 58.2 Å². The zero-order chi connectivity index (χ0) is 19.9. The molecule has 2 aliphatic rings. The lowest BCUT2D eigenvalue weighted by Crippen LogP contribution is -2.44. The van der Waals surface area contributed by atoms with Gasteiger partial charge in [0.15, 0.2) is 5.96 Å². The maximum absolute atomic E-state index is 12.0. The number of nitrogens with one attached hydrogen (secondary N) is 2. The van der Waals surface area contributed by atoms with Crippen molar-refractivity contribution in [1.82, 2.24) is 15.5 Å². The van der Waals surface area contributed by atoms with Crippen molar-refractivity contribution in [3.8, 4) is 0 Å². The quantitative estimate of drug-likeness (QED) is 0.227. The van der Waals surface area contributed by atoms with Gasteiger partial charge in [0.1, 0.15) is 5.60 Å². The molecular weight excluding hydrogens is 471 g/mol. The van der Waals surface area contributed by atoms with Gasteiger partial charge in [0, 0.05) is 39.4 Å². The number of hydrogen-bond acceptors (Lipinski definition) is 4. The van der Waals surface area contributed by atoms with Crippen molar-refractivity contribution in [2.45, 2.75) is 71.9 Å². The molecule has 8 heteroatoms. The number of alkyl carbamates (subject to hydrolysis) is 1. The number of hydrogen-bond donors (Lipinski definition) is 2. The average Bonchev–Trinajstić information content (AvgIpc) is 3.19. The number of halogens is 1. The standard InChI is InChI=1S/C20H38N4O3.HI/c1-6-21-17(22-15-20(9-10-20)11-13-26-7-2)24-12-8-16(14-24)23-18(25)27-19(3,4)5;/h16H,6-15H2,1-5H3,(H,21,22)(H,23,25);1H/t16-;/m1./s1. The van der Waals surface area contributed by atoms with Gasteiger partial charge in [0.2, 0.25) is 0 Å². The van der Waals surface area contributed by atoms with Crippen LogP contribution in [0.5, 0.6) is 0 Å². The summed E-state index contributed by atoms with van der Waals surface area (Å²) >= 11 is 0. The van der Waals surface area contributed by atoms with E-state index in [4.69, 9.17) is 14.5 Å². The van der Waals surface area contributed by atoms with Gasteiger partial charge in [-0.25, -0.2) is 4.79 Å². The van der Waals surface area contributed by atoms with Gasteiger partial charge in [-0.3, -0.25) is 4.99 Å². The molecule has 0 aromatic carbocycles. The molecule has 0 aromatic rings. The van der Waals surface area contributed by atoms with Crippen molar-refractivity contribution in [3.05, 3.63) is 0 Å². The van der Waals surface area contributed by atoms with Crippen LogP contribution in [0.25, 0.3) is 0 Å². The average molecular weight is 510 g/mol. The van der Waals surface area contributed by atoms with Crippen molar-refractivity contribution in [1.29, 1.82) is 0 Å². The van der Waals surface area contributed by atoms with E-state index < -0.39 is 5.60 Å². The lowest BCUT2D eigenvalue weighted by molar-refractivity contribution is 0.0507. The lowest BCUT2D eigenvalue weighted by Gasteiger charge is -2.24. The number of guanidine groups is 1. The Morgan fingerprint density at radius 3 is 2.57 bits per heavy atom. The van der Waals surface area contributed by atoms with Crippen LogP contribution in [-0.4, -0.2) is 68.0 Å². The second kappa shape index (κ2) is 11.4. The third-order valence-corrected chi connectivity index (χ3v) is 5.05. The minimum absolute atomic E-state index is 0. The third-order valence-electron chi connectivity index (χ3n) is 5.05. The molecule has 1 amide bonds. The molecule has 0 unspecified atom stereocenters. The van der Waals surface area contributed by atoms with Crippen molar-refractivity contribution < 1.29 is 14.3 Å². The van der Waals surface area contributed by atoms with Crippen molar-refractivity contribution in [2.75, 3.05) is 39.4 Å². The van der Waals surface area contributed by atoms with Crippen LogP contribution in [0.3, 0.4) is 0 Å². The Hall–Kier alpha value is -0.770. The molecule has 1 aliphatic heterocycles. The molecule has 2 rings (SSSR count). The van der Waals surface area contributed by atoms with E-state index in [-0.39, 0.29) is 36.1 Å². The van der Waals surface area contributed by atoms with Crippen molar-refractivity contribution >= 4 is 36.0 Å². The van der Waals surface area contributed by atoms with E-state index in [1.165, 1.54) is 12.8 Å². The highest BCUT2D eigenvalue weighted by atomic mass is 127. The topological polar surface area (TPSA) is 75.2 Å². The summed E-state index contributed by atoms with van der Waals surface area (Å²) in [6, 6.07) is 0.0940. The first-order valence-corrected chi connectivity index (χ1v) is 10.4. The Labute approximate surface area is 187 Å². The van der Waals surface area contributed by atoms with Gasteiger partial charge < -0.3 is 25.0 Å². The molecule has 0 radical (unpaired) electrons. The van der Waals surface area contributed by atoms with Crippen LogP contribution in [-0.2, 0) is 9.47 Å². The number of amides is 1. The largest absolute Gasteiger partial charge is 0.444 e. The zero-order valence-corrected chi connectivity index (χ0v) is 20.5. The summed E-state index contributed by atoms with van der Waals surface area (Å²) in [4.78, 5) is 19.2. The highest BCUT2D eigenvalue weighted by Gasteiger charge is 2.42. The summed E-state index contributed by atoms with van der Waals surface area (Å²) in [7, 11) is 0. The van der Waals surface area contributed by atoms with Gasteiger partial charge in [0.05, 0.1) is 6.04 Å². The van der Waals surface area contributed by atoms with Crippen LogP contribution in [0.4, 0.5) is 4.79 Å². The molecule has 1 aliphatic carbocycles. The van der Waals surface area contributed by atoms with Crippen molar-refractivity contribution in [2.24, 2.45) is 10.4 Å².